The maximum Gasteiger partial charge on any atom is 0.212 e. The Morgan fingerprint density at radius 3 is 2.14 bits per heavy atom. The van der Waals surface area contributed by atoms with Gasteiger partial charge in [0.1, 0.15) is 16.7 Å². The van der Waals surface area contributed by atoms with E-state index in [4.69, 9.17) is 32.8 Å². The van der Waals surface area contributed by atoms with Gasteiger partial charge in [-0.2, -0.15) is 9.78 Å². The quantitative estimate of drug-likeness (QED) is 0.0650. The average molecular weight is 689 g/mol. The molecule has 0 aliphatic heterocycles. The summed E-state index contributed by atoms with van der Waals surface area (Å²) >= 11 is 1.57. The molecule has 5 rings (SSSR count). The number of benzene rings is 3. The van der Waals surface area contributed by atoms with Crippen LogP contribution < -0.4 is 33.8 Å². The molecule has 12 nitrogen and oxygen atoms in total. The minimum Gasteiger partial charge on any atom is -0.493 e. The molecule has 3 aromatic carbocycles. The first kappa shape index (κ1) is 35.1. The Kier molecular flexibility index (Phi) is 11.3. The van der Waals surface area contributed by atoms with Crippen molar-refractivity contribution in [2.24, 2.45) is 5.10 Å². The highest BCUT2D eigenvalue weighted by atomic mass is 32.2. The molecular weight excluding hydrogens is 648 g/mol. The molecule has 0 saturated carbocycles. The van der Waals surface area contributed by atoms with E-state index < -0.39 is 0 Å². The predicted molar refractivity (Wildman–Crippen MR) is 190 cm³/mol. The SMILES string of the molecule is COc1cc(-c2cc(=O)c3c(OC)c(OCCCCSc4nnc(C)n4N=Cc4ccc(C)c(C)c4)c(OC)cc3o2)cc(OC)c1OC. The summed E-state index contributed by atoms with van der Waals surface area (Å²) in [7, 11) is 7.56. The van der Waals surface area contributed by atoms with Crippen molar-refractivity contribution in [2.45, 2.75) is 38.8 Å². The minimum absolute atomic E-state index is 0.235. The zero-order valence-corrected chi connectivity index (χ0v) is 29.7. The molecule has 2 heterocycles. The lowest BCUT2D eigenvalue weighted by molar-refractivity contribution is 0.271. The van der Waals surface area contributed by atoms with Crippen molar-refractivity contribution in [1.82, 2.24) is 14.9 Å². The largest absolute Gasteiger partial charge is 0.493 e. The Bertz CT molecular complexity index is 2010. The molecule has 0 unspecified atom stereocenters. The Morgan fingerprint density at radius 2 is 1.49 bits per heavy atom. The van der Waals surface area contributed by atoms with Gasteiger partial charge in [-0.25, -0.2) is 0 Å². The van der Waals surface area contributed by atoms with E-state index in [9.17, 15) is 4.79 Å². The van der Waals surface area contributed by atoms with Crippen molar-refractivity contribution < 1.29 is 32.8 Å². The molecule has 0 amide bonds. The van der Waals surface area contributed by atoms with Gasteiger partial charge < -0.3 is 32.8 Å². The smallest absolute Gasteiger partial charge is 0.212 e. The number of hydrogen-bond acceptors (Lipinski definition) is 12. The van der Waals surface area contributed by atoms with E-state index >= 15 is 0 Å². The molecule has 2 aromatic heterocycles. The number of hydrogen-bond donors (Lipinski definition) is 0. The predicted octanol–water partition coefficient (Wildman–Crippen LogP) is 6.85. The van der Waals surface area contributed by atoms with Crippen LogP contribution in [0.15, 0.2) is 61.9 Å². The molecule has 0 spiro atoms. The third-order valence-corrected chi connectivity index (χ3v) is 8.91. The number of nitrogens with zero attached hydrogens (tertiary/aromatic N) is 4. The molecule has 0 aliphatic rings. The van der Waals surface area contributed by atoms with Crippen molar-refractivity contribution in [1.29, 1.82) is 0 Å². The third-order valence-electron chi connectivity index (χ3n) is 7.90. The van der Waals surface area contributed by atoms with Crippen LogP contribution in [0.5, 0.6) is 34.5 Å². The van der Waals surface area contributed by atoms with Gasteiger partial charge in [-0.3, -0.25) is 4.79 Å². The van der Waals surface area contributed by atoms with Gasteiger partial charge in [0.05, 0.1) is 48.4 Å². The van der Waals surface area contributed by atoms with E-state index in [1.807, 2.05) is 19.2 Å². The molecule has 258 valence electrons. The van der Waals surface area contributed by atoms with Crippen LogP contribution in [0.2, 0.25) is 0 Å². The van der Waals surface area contributed by atoms with Gasteiger partial charge in [0, 0.05) is 23.4 Å². The third kappa shape index (κ3) is 7.62. The van der Waals surface area contributed by atoms with Crippen LogP contribution in [0.1, 0.15) is 35.4 Å². The molecule has 0 saturated heterocycles. The minimum atomic E-state index is -0.315. The normalized spacial score (nSPS) is 11.3. The van der Waals surface area contributed by atoms with E-state index in [1.165, 1.54) is 52.7 Å². The number of rotatable bonds is 15. The van der Waals surface area contributed by atoms with Crippen molar-refractivity contribution in [3.05, 3.63) is 75.2 Å². The first-order valence-electron chi connectivity index (χ1n) is 15.5. The second-order valence-corrected chi connectivity index (χ2v) is 12.1. The zero-order valence-electron chi connectivity index (χ0n) is 28.9. The summed E-state index contributed by atoms with van der Waals surface area (Å²) in [4.78, 5) is 13.5. The molecular formula is C36H40N4O8S. The highest BCUT2D eigenvalue weighted by molar-refractivity contribution is 7.99. The molecule has 49 heavy (non-hydrogen) atoms. The van der Waals surface area contributed by atoms with Crippen LogP contribution in [-0.4, -0.2) is 69.0 Å². The standard InChI is InChI=1S/C36H40N4O8S/c1-21-11-12-24(15-22(21)2)20-37-40-23(3)38-39-36(40)49-14-10-9-13-47-34-31(44-6)19-28-32(35(34)46-8)26(41)18-27(48-28)25-16-29(42-4)33(45-7)30(17-25)43-5/h11-12,15-20H,9-10,13-14H2,1-8H3. The lowest BCUT2D eigenvalue weighted by Crippen LogP contribution is -2.07. The molecule has 0 N–H and O–H groups in total. The van der Waals surface area contributed by atoms with E-state index in [0.29, 0.717) is 57.7 Å². The van der Waals surface area contributed by atoms with Gasteiger partial charge in [0.25, 0.3) is 0 Å². The number of ether oxygens (including phenoxy) is 6. The molecule has 5 aromatic rings. The molecule has 0 aliphatic carbocycles. The van der Waals surface area contributed by atoms with Crippen molar-refractivity contribution in [3.63, 3.8) is 0 Å². The lowest BCUT2D eigenvalue weighted by atomic mass is 10.1. The number of unbranched alkanes of at least 4 members (excludes halogenated alkanes) is 1. The highest BCUT2D eigenvalue weighted by Gasteiger charge is 2.23. The van der Waals surface area contributed by atoms with Crippen LogP contribution in [0, 0.1) is 20.8 Å². The maximum atomic E-state index is 13.5. The van der Waals surface area contributed by atoms with Crippen LogP contribution in [0.4, 0.5) is 0 Å². The fourth-order valence-corrected chi connectivity index (χ4v) is 6.10. The van der Waals surface area contributed by atoms with Gasteiger partial charge >= 0.3 is 0 Å². The van der Waals surface area contributed by atoms with Gasteiger partial charge in [-0.15, -0.1) is 10.2 Å². The molecule has 13 heteroatoms. The summed E-state index contributed by atoms with van der Waals surface area (Å²) in [6.07, 6.45) is 3.38. The molecule has 0 atom stereocenters. The van der Waals surface area contributed by atoms with E-state index in [1.54, 1.807) is 34.6 Å². The van der Waals surface area contributed by atoms with Gasteiger partial charge in [0.15, 0.2) is 34.3 Å². The van der Waals surface area contributed by atoms with Crippen molar-refractivity contribution >= 4 is 28.9 Å². The Balaban J connectivity index is 1.28. The summed E-state index contributed by atoms with van der Waals surface area (Å²) < 4.78 is 41.8. The van der Waals surface area contributed by atoms with Crippen LogP contribution in [-0.2, 0) is 0 Å². The Hall–Kier alpha value is -5.17. The first-order chi connectivity index (χ1) is 23.7. The Labute approximate surface area is 288 Å². The monoisotopic (exact) mass is 688 g/mol. The highest BCUT2D eigenvalue weighted by Crippen LogP contribution is 2.45. The summed E-state index contributed by atoms with van der Waals surface area (Å²) in [5, 5.41) is 14.1. The van der Waals surface area contributed by atoms with Crippen molar-refractivity contribution in [3.8, 4) is 45.8 Å². The lowest BCUT2D eigenvalue weighted by Gasteiger charge is -2.17. The molecule has 0 radical (unpaired) electrons. The van der Waals surface area contributed by atoms with Crippen LogP contribution in [0.3, 0.4) is 0 Å². The number of aromatic nitrogens is 3. The average Bonchev–Trinajstić information content (AvgIpc) is 3.46. The fraction of sp³-hybridized carbons (Fsp3) is 0.333. The van der Waals surface area contributed by atoms with Crippen LogP contribution in [0.25, 0.3) is 22.3 Å². The molecule has 0 fully saturated rings. The maximum absolute atomic E-state index is 13.5. The number of thioether (sulfide) groups is 1. The topological polar surface area (TPSA) is 129 Å². The second kappa shape index (κ2) is 15.8. The summed E-state index contributed by atoms with van der Waals surface area (Å²) in [6, 6.07) is 12.7. The van der Waals surface area contributed by atoms with E-state index in [2.05, 4.69) is 41.3 Å². The van der Waals surface area contributed by atoms with Crippen molar-refractivity contribution in [2.75, 3.05) is 47.9 Å². The van der Waals surface area contributed by atoms with E-state index in [0.717, 1.165) is 24.2 Å². The number of methoxy groups -OCH3 is 5. The Morgan fingerprint density at radius 1 is 0.796 bits per heavy atom. The summed E-state index contributed by atoms with van der Waals surface area (Å²) in [6.45, 7) is 6.41. The number of fused-ring (bicyclic) bond motifs is 1. The fourth-order valence-electron chi connectivity index (χ4n) is 5.17. The second-order valence-electron chi connectivity index (χ2n) is 11.0. The zero-order chi connectivity index (χ0) is 35.1. The number of aryl methyl sites for hydroxylation is 3. The van der Waals surface area contributed by atoms with Gasteiger partial charge in [0.2, 0.25) is 16.7 Å². The van der Waals surface area contributed by atoms with Crippen LogP contribution >= 0.6 is 11.8 Å². The van der Waals surface area contributed by atoms with Gasteiger partial charge in [-0.05, 0) is 62.4 Å². The van der Waals surface area contributed by atoms with Gasteiger partial charge in [-0.1, -0.05) is 30.0 Å². The summed E-state index contributed by atoms with van der Waals surface area (Å²) in [5.74, 6) is 4.00. The first-order valence-corrected chi connectivity index (χ1v) is 16.5. The van der Waals surface area contributed by atoms with E-state index in [-0.39, 0.29) is 22.1 Å². The molecule has 0 bridgehead atoms. The summed E-state index contributed by atoms with van der Waals surface area (Å²) in [5.41, 5.74) is 3.99.